The average molecular weight is 363 g/mol. The molecule has 134 valence electrons. The van der Waals surface area contributed by atoms with Gasteiger partial charge < -0.3 is 15.0 Å². The third-order valence-electron chi connectivity index (χ3n) is 3.56. The van der Waals surface area contributed by atoms with E-state index in [0.717, 1.165) is 24.3 Å². The molecule has 9 heteroatoms. The maximum atomic E-state index is 12.6. The van der Waals surface area contributed by atoms with Crippen LogP contribution < -0.4 is 5.11 Å². The van der Waals surface area contributed by atoms with Gasteiger partial charge in [-0.05, 0) is 35.4 Å². The van der Waals surface area contributed by atoms with Gasteiger partial charge in [0.25, 0.3) is 0 Å². The van der Waals surface area contributed by atoms with E-state index < -0.39 is 46.2 Å². The zero-order valence-electron chi connectivity index (χ0n) is 12.2. The molecule has 0 aliphatic heterocycles. The van der Waals surface area contributed by atoms with Gasteiger partial charge in [0.2, 0.25) is 0 Å². The molecule has 0 spiro atoms. The quantitative estimate of drug-likeness (QED) is 0.853. The van der Waals surface area contributed by atoms with Crippen LogP contribution in [0.5, 0.6) is 0 Å². The predicted octanol–water partition coefficient (Wildman–Crippen LogP) is 2.71. The number of hydrogen-bond acceptors (Lipinski definition) is 3. The van der Waals surface area contributed by atoms with Crippen molar-refractivity contribution in [2.75, 3.05) is 0 Å². The number of hydrogen-bond donors (Lipinski definition) is 1. The van der Waals surface area contributed by atoms with E-state index in [1.807, 2.05) is 0 Å². The van der Waals surface area contributed by atoms with Crippen LogP contribution in [-0.4, -0.2) is 11.1 Å². The molecular weight excluding hydrogens is 354 g/mol. The highest BCUT2D eigenvalue weighted by Crippen LogP contribution is 2.35. The molecule has 2 aromatic carbocycles. The van der Waals surface area contributed by atoms with Gasteiger partial charge in [-0.2, -0.15) is 26.3 Å². The van der Waals surface area contributed by atoms with Crippen LogP contribution >= 0.6 is 0 Å². The van der Waals surface area contributed by atoms with Crippen molar-refractivity contribution in [1.82, 2.24) is 0 Å². The summed E-state index contributed by atoms with van der Waals surface area (Å²) >= 11 is 0. The van der Waals surface area contributed by atoms with E-state index in [9.17, 15) is 41.4 Å². The Balaban J connectivity index is 2.50. The van der Waals surface area contributed by atoms with Crippen molar-refractivity contribution in [2.45, 2.75) is 18.0 Å². The largest absolute Gasteiger partial charge is 0.546 e. The Kier molecular flexibility index (Phi) is 4.56. The second kappa shape index (κ2) is 6.07. The minimum atomic E-state index is -4.67. The normalized spacial score (nSPS) is 12.9. The molecule has 0 fully saturated rings. The highest BCUT2D eigenvalue weighted by atomic mass is 19.4. The molecule has 3 nitrogen and oxygen atoms in total. The van der Waals surface area contributed by atoms with Gasteiger partial charge in [-0.3, -0.25) is 0 Å². The molecule has 0 atom stereocenters. The Labute approximate surface area is 137 Å². The number of carboxylic acid groups (broad SMARTS) is 1. The van der Waals surface area contributed by atoms with Crippen LogP contribution in [0.1, 0.15) is 22.3 Å². The fraction of sp³-hybridized carbons (Fsp3) is 0.188. The third kappa shape index (κ3) is 3.60. The highest BCUT2D eigenvalue weighted by Gasteiger charge is 2.37. The number of alkyl halides is 6. The first-order chi connectivity index (χ1) is 11.4. The monoisotopic (exact) mass is 363 g/mol. The summed E-state index contributed by atoms with van der Waals surface area (Å²) in [6.45, 7) is 0. The second-order valence-electron chi connectivity index (χ2n) is 5.15. The molecular formula is C16H9F6O3-. The van der Waals surface area contributed by atoms with Gasteiger partial charge >= 0.3 is 12.4 Å². The van der Waals surface area contributed by atoms with Gasteiger partial charge in [0.1, 0.15) is 0 Å². The van der Waals surface area contributed by atoms with E-state index >= 15 is 0 Å². The molecule has 0 amide bonds. The number of carboxylic acids is 1. The fourth-order valence-corrected chi connectivity index (χ4v) is 2.20. The Morgan fingerprint density at radius 1 is 0.680 bits per heavy atom. The molecule has 0 aliphatic rings. The van der Waals surface area contributed by atoms with E-state index in [4.69, 9.17) is 0 Å². The van der Waals surface area contributed by atoms with Crippen LogP contribution in [0.25, 0.3) is 0 Å². The van der Waals surface area contributed by atoms with Gasteiger partial charge in [-0.15, -0.1) is 0 Å². The lowest BCUT2D eigenvalue weighted by Gasteiger charge is -2.30. The molecule has 2 rings (SSSR count). The van der Waals surface area contributed by atoms with Crippen molar-refractivity contribution < 1.29 is 41.4 Å². The number of aliphatic carboxylic acids is 1. The van der Waals surface area contributed by atoms with Gasteiger partial charge in [0.05, 0.1) is 17.1 Å². The Hall–Kier alpha value is -2.55. The highest BCUT2D eigenvalue weighted by molar-refractivity contribution is 5.82. The summed E-state index contributed by atoms with van der Waals surface area (Å²) < 4.78 is 75.3. The Morgan fingerprint density at radius 2 is 0.920 bits per heavy atom. The van der Waals surface area contributed by atoms with Crippen molar-refractivity contribution in [1.29, 1.82) is 0 Å². The Bertz CT molecular complexity index is 703. The van der Waals surface area contributed by atoms with Crippen LogP contribution in [-0.2, 0) is 22.7 Å². The summed E-state index contributed by atoms with van der Waals surface area (Å²) in [7, 11) is 0. The molecule has 0 bridgehead atoms. The van der Waals surface area contributed by atoms with E-state index in [-0.39, 0.29) is 0 Å². The van der Waals surface area contributed by atoms with E-state index in [0.29, 0.717) is 24.3 Å². The van der Waals surface area contributed by atoms with Crippen molar-refractivity contribution in [3.05, 3.63) is 70.8 Å². The zero-order valence-corrected chi connectivity index (χ0v) is 12.2. The molecule has 25 heavy (non-hydrogen) atoms. The lowest BCUT2D eigenvalue weighted by molar-refractivity contribution is -0.322. The molecule has 0 unspecified atom stereocenters. The SMILES string of the molecule is O=C([O-])C(O)(c1ccc(C(F)(F)F)cc1)c1ccc(C(F)(F)F)cc1. The number of rotatable bonds is 3. The number of benzene rings is 2. The second-order valence-corrected chi connectivity index (χ2v) is 5.15. The molecule has 1 N–H and O–H groups in total. The molecule has 0 heterocycles. The third-order valence-corrected chi connectivity index (χ3v) is 3.56. The lowest BCUT2D eigenvalue weighted by Crippen LogP contribution is -2.46. The molecule has 0 aliphatic carbocycles. The predicted molar refractivity (Wildman–Crippen MR) is 70.9 cm³/mol. The van der Waals surface area contributed by atoms with Crippen LogP contribution in [0.3, 0.4) is 0 Å². The average Bonchev–Trinajstić information content (AvgIpc) is 2.52. The van der Waals surface area contributed by atoms with E-state index in [1.54, 1.807) is 0 Å². The number of carbonyl (C=O) groups excluding carboxylic acids is 1. The van der Waals surface area contributed by atoms with Crippen LogP contribution in [0.15, 0.2) is 48.5 Å². The minimum Gasteiger partial charge on any atom is -0.546 e. The zero-order chi connectivity index (χ0) is 19.0. The summed E-state index contributed by atoms with van der Waals surface area (Å²) in [5, 5.41) is 21.8. The van der Waals surface area contributed by atoms with Crippen molar-refractivity contribution in [3.8, 4) is 0 Å². The summed E-state index contributed by atoms with van der Waals surface area (Å²) in [4.78, 5) is 11.4. The topological polar surface area (TPSA) is 60.4 Å². The Morgan fingerprint density at radius 3 is 1.12 bits per heavy atom. The smallest absolute Gasteiger partial charge is 0.416 e. The van der Waals surface area contributed by atoms with Gasteiger partial charge in [0.15, 0.2) is 5.60 Å². The number of carbonyl (C=O) groups is 1. The molecule has 0 saturated carbocycles. The maximum absolute atomic E-state index is 12.6. The summed E-state index contributed by atoms with van der Waals surface area (Å²) in [6.07, 6.45) is -9.35. The van der Waals surface area contributed by atoms with Gasteiger partial charge in [0, 0.05) is 0 Å². The first-order valence-corrected chi connectivity index (χ1v) is 6.66. The lowest BCUT2D eigenvalue weighted by atomic mass is 9.85. The number of halogens is 6. The van der Waals surface area contributed by atoms with Crippen LogP contribution in [0.2, 0.25) is 0 Å². The first kappa shape index (κ1) is 18.8. The molecule has 2 aromatic rings. The van der Waals surface area contributed by atoms with Crippen LogP contribution in [0.4, 0.5) is 26.3 Å². The molecule has 0 radical (unpaired) electrons. The standard InChI is InChI=1S/C16H10F6O3/c17-15(18,19)11-5-1-9(2-6-11)14(25,13(23)24)10-3-7-12(8-4-10)16(20,21)22/h1-8,25H,(H,23,24)/p-1. The summed E-state index contributed by atoms with van der Waals surface area (Å²) in [5.41, 5.74) is -6.04. The van der Waals surface area contributed by atoms with E-state index in [2.05, 4.69) is 0 Å². The fourth-order valence-electron chi connectivity index (χ4n) is 2.20. The number of aliphatic hydroxyl groups is 1. The minimum absolute atomic E-state index is 0.486. The molecule has 0 saturated heterocycles. The van der Waals surface area contributed by atoms with Crippen LogP contribution in [0, 0.1) is 0 Å². The molecule has 0 aromatic heterocycles. The first-order valence-electron chi connectivity index (χ1n) is 6.66. The van der Waals surface area contributed by atoms with Gasteiger partial charge in [-0.1, -0.05) is 24.3 Å². The summed E-state index contributed by atoms with van der Waals surface area (Å²) in [6, 6.07) is 5.07. The van der Waals surface area contributed by atoms with Crippen molar-refractivity contribution >= 4 is 5.97 Å². The van der Waals surface area contributed by atoms with E-state index in [1.165, 1.54) is 0 Å². The van der Waals surface area contributed by atoms with Crippen molar-refractivity contribution in [3.63, 3.8) is 0 Å². The van der Waals surface area contributed by atoms with Crippen molar-refractivity contribution in [2.24, 2.45) is 0 Å². The van der Waals surface area contributed by atoms with Gasteiger partial charge in [-0.25, -0.2) is 0 Å². The summed E-state index contributed by atoms with van der Waals surface area (Å²) in [5.74, 6) is -2.09. The maximum Gasteiger partial charge on any atom is 0.416 e.